The summed E-state index contributed by atoms with van der Waals surface area (Å²) in [6.45, 7) is 13.2. The van der Waals surface area contributed by atoms with E-state index in [9.17, 15) is 22.8 Å². The molecule has 0 spiro atoms. The van der Waals surface area contributed by atoms with Gasteiger partial charge in [0, 0.05) is 38.5 Å². The molecule has 59 heavy (non-hydrogen) atoms. The minimum absolute atomic E-state index is 0.0000604. The Morgan fingerprint density at radius 3 is 2.44 bits per heavy atom. The molecule has 4 aliphatic rings. The van der Waals surface area contributed by atoms with E-state index >= 15 is 4.79 Å². The lowest BCUT2D eigenvalue weighted by atomic mass is 9.81. The fraction of sp³-hybridized carbons (Fsp3) is 0.682. The van der Waals surface area contributed by atoms with Crippen molar-refractivity contribution in [2.75, 3.05) is 27.4 Å². The number of methoxy groups -OCH3 is 2. The number of hydrogen-bond donors (Lipinski definition) is 1. The van der Waals surface area contributed by atoms with E-state index in [1.165, 1.54) is 4.90 Å². The number of rotatable bonds is 11. The molecule has 2 aromatic rings. The Hall–Kier alpha value is -4.11. The quantitative estimate of drug-likeness (QED) is 0.205. The van der Waals surface area contributed by atoms with Crippen LogP contribution >= 0.6 is 0 Å². The molecule has 6 rings (SSSR count). The van der Waals surface area contributed by atoms with Crippen LogP contribution < -0.4 is 14.2 Å². The second kappa shape index (κ2) is 17.1. The van der Waals surface area contributed by atoms with Crippen LogP contribution in [0.1, 0.15) is 118 Å². The Balaban J connectivity index is 1.39. The largest absolute Gasteiger partial charge is 0.497 e. The van der Waals surface area contributed by atoms with Crippen LogP contribution in [0.2, 0.25) is 0 Å². The third-order valence-corrected chi connectivity index (χ3v) is 14.6. The maximum Gasteiger partial charge on any atom is 0.307 e. The molecule has 1 saturated heterocycles. The highest BCUT2D eigenvalue weighted by Crippen LogP contribution is 2.58. The molecular weight excluding hydrogens is 777 g/mol. The second-order valence-electron chi connectivity index (χ2n) is 18.9. The van der Waals surface area contributed by atoms with Gasteiger partial charge in [0.1, 0.15) is 23.1 Å². The fourth-order valence-electron chi connectivity index (χ4n) is 8.63. The molecular formula is C44H62N4O10S. The van der Waals surface area contributed by atoms with Gasteiger partial charge >= 0.3 is 5.97 Å². The van der Waals surface area contributed by atoms with Crippen molar-refractivity contribution in [2.24, 2.45) is 29.1 Å². The van der Waals surface area contributed by atoms with Crippen molar-refractivity contribution in [3.05, 3.63) is 36.0 Å². The number of allylic oxidation sites excluding steroid dienone is 2. The van der Waals surface area contributed by atoms with E-state index in [1.54, 1.807) is 54.0 Å². The van der Waals surface area contributed by atoms with Gasteiger partial charge in [-0.25, -0.2) is 18.4 Å². The molecule has 1 aromatic carbocycles. The van der Waals surface area contributed by atoms with Crippen LogP contribution in [0.4, 0.5) is 0 Å². The molecule has 15 heteroatoms. The van der Waals surface area contributed by atoms with Crippen molar-refractivity contribution in [1.29, 1.82) is 0 Å². The highest BCUT2D eigenvalue weighted by Gasteiger charge is 2.63. The third-order valence-electron chi connectivity index (χ3n) is 12.5. The summed E-state index contributed by atoms with van der Waals surface area (Å²) in [5.74, 6) is -2.74. The van der Waals surface area contributed by atoms with Crippen LogP contribution in [-0.4, -0.2) is 96.7 Å². The maximum absolute atomic E-state index is 15.2. The molecule has 1 N–H and O–H groups in total. The van der Waals surface area contributed by atoms with Gasteiger partial charge in [0.2, 0.25) is 27.7 Å². The Bertz CT molecular complexity index is 2080. The van der Waals surface area contributed by atoms with E-state index in [0.29, 0.717) is 54.6 Å². The number of Topliss-reactive ketones (excluding diaryl/α,β-unsaturated/α-hetero) is 1. The zero-order chi connectivity index (χ0) is 43.1. The van der Waals surface area contributed by atoms with Gasteiger partial charge in [-0.05, 0) is 96.1 Å². The molecule has 1 aromatic heterocycles. The monoisotopic (exact) mass is 838 g/mol. The second-order valence-corrected chi connectivity index (χ2v) is 21.1. The van der Waals surface area contributed by atoms with Crippen LogP contribution in [0.25, 0.3) is 11.0 Å². The Morgan fingerprint density at radius 1 is 1.07 bits per heavy atom. The van der Waals surface area contributed by atoms with E-state index in [2.05, 4.69) is 11.6 Å². The molecule has 3 heterocycles. The molecule has 2 aliphatic heterocycles. The number of carbonyl (C=O) groups is 4. The maximum atomic E-state index is 15.2. The van der Waals surface area contributed by atoms with Gasteiger partial charge in [0.05, 0.1) is 53.2 Å². The molecule has 0 radical (unpaired) electrons. The van der Waals surface area contributed by atoms with Gasteiger partial charge in [0.15, 0.2) is 5.78 Å². The molecule has 2 aliphatic carbocycles. The first-order chi connectivity index (χ1) is 27.7. The van der Waals surface area contributed by atoms with Crippen LogP contribution in [0, 0.1) is 29.1 Å². The summed E-state index contributed by atoms with van der Waals surface area (Å²) in [6.07, 6.45) is 6.04. The van der Waals surface area contributed by atoms with Crippen molar-refractivity contribution in [1.82, 2.24) is 19.6 Å². The summed E-state index contributed by atoms with van der Waals surface area (Å²) < 4.78 is 51.4. The van der Waals surface area contributed by atoms with Crippen LogP contribution in [0.5, 0.6) is 11.6 Å². The van der Waals surface area contributed by atoms with Crippen molar-refractivity contribution >= 4 is 44.6 Å². The van der Waals surface area contributed by atoms with E-state index in [-0.39, 0.29) is 67.7 Å². The normalized spacial score (nSPS) is 29.2. The van der Waals surface area contributed by atoms with Gasteiger partial charge in [-0.2, -0.15) is 0 Å². The number of esters is 1. The van der Waals surface area contributed by atoms with Gasteiger partial charge in [-0.1, -0.05) is 32.9 Å². The van der Waals surface area contributed by atoms with E-state index in [0.717, 1.165) is 6.42 Å². The number of ketones is 1. The Labute approximate surface area is 348 Å². The minimum Gasteiger partial charge on any atom is -0.497 e. The van der Waals surface area contributed by atoms with Gasteiger partial charge < -0.3 is 23.8 Å². The van der Waals surface area contributed by atoms with E-state index < -0.39 is 61.6 Å². The standard InChI is InChI=1S/C44H62N4O10S/c1-26(2)38-39(46-34-19-30(56-9)14-15-33(34)45-38)57-31-20-35-36(49)23-44(41(52)47-59(53,54)43(7)16-17-43)22-29(44)13-11-10-12-27(3)18-28(25-55-8)32(40(51)48(35)24-31)21-37(50)58-42(4,5)6/h11,13-15,19,26-29,31-32,35H,10,12,16-18,20-25H2,1-9H3,(H,47,52)/b13-11-/t27-,28+,29-,31-,32+,35+,44-/m1/s1. The average molecular weight is 839 g/mol. The molecule has 0 unspecified atom stereocenters. The number of aromatic nitrogens is 2. The fourth-order valence-corrected chi connectivity index (χ4v) is 9.96. The molecule has 7 atom stereocenters. The highest BCUT2D eigenvalue weighted by molar-refractivity contribution is 7.91. The summed E-state index contributed by atoms with van der Waals surface area (Å²) in [6, 6.07) is 4.35. The molecule has 14 nitrogen and oxygen atoms in total. The SMILES string of the molecule is COC[C@@H]1C[C@H](C)CC/C=C\[C@@H]2C[C@@]2(C(=O)NS(=O)(=O)C2(C)CC2)CC(=O)[C@@H]2C[C@@H](Oc3nc4cc(OC)ccc4nc3C(C)C)CN2C(=O)[C@H]1CC(=O)OC(C)(C)C. The molecule has 324 valence electrons. The summed E-state index contributed by atoms with van der Waals surface area (Å²) in [7, 11) is -0.846. The van der Waals surface area contributed by atoms with Gasteiger partial charge in [-0.15, -0.1) is 0 Å². The van der Waals surface area contributed by atoms with Gasteiger partial charge in [-0.3, -0.25) is 23.9 Å². The topological polar surface area (TPSA) is 180 Å². The molecule has 2 amide bonds. The summed E-state index contributed by atoms with van der Waals surface area (Å²) in [4.78, 5) is 68.9. The lowest BCUT2D eigenvalue weighted by Crippen LogP contribution is -2.48. The van der Waals surface area contributed by atoms with E-state index in [1.807, 2.05) is 32.1 Å². The highest BCUT2D eigenvalue weighted by atomic mass is 32.2. The number of benzene rings is 1. The minimum atomic E-state index is -3.98. The van der Waals surface area contributed by atoms with Crippen LogP contribution in [0.15, 0.2) is 30.4 Å². The molecule has 0 bridgehead atoms. The lowest BCUT2D eigenvalue weighted by Gasteiger charge is -2.33. The predicted octanol–water partition coefficient (Wildman–Crippen LogP) is 6.06. The van der Waals surface area contributed by atoms with Crippen molar-refractivity contribution < 1.29 is 46.5 Å². The first-order valence-corrected chi connectivity index (χ1v) is 22.5. The number of ether oxygens (including phenoxy) is 4. The zero-order valence-electron chi connectivity index (χ0n) is 36.0. The van der Waals surface area contributed by atoms with Gasteiger partial charge in [0.25, 0.3) is 0 Å². The number of sulfonamides is 1. The smallest absolute Gasteiger partial charge is 0.307 e. The molecule has 3 fully saturated rings. The number of nitrogens with one attached hydrogen (secondary N) is 1. The summed E-state index contributed by atoms with van der Waals surface area (Å²) >= 11 is 0. The lowest BCUT2D eigenvalue weighted by molar-refractivity contribution is -0.160. The third kappa shape index (κ3) is 9.93. The average Bonchev–Trinajstić information content (AvgIpc) is 4.03. The van der Waals surface area contributed by atoms with Crippen LogP contribution in [-0.2, 0) is 38.7 Å². The van der Waals surface area contributed by atoms with Crippen molar-refractivity contribution in [2.45, 2.75) is 135 Å². The van der Waals surface area contributed by atoms with Crippen molar-refractivity contribution in [3.8, 4) is 11.6 Å². The van der Waals surface area contributed by atoms with Crippen LogP contribution in [0.3, 0.4) is 0 Å². The molecule has 2 saturated carbocycles. The van der Waals surface area contributed by atoms with Crippen molar-refractivity contribution in [3.63, 3.8) is 0 Å². The Kier molecular flexibility index (Phi) is 12.9. The number of amides is 2. The summed E-state index contributed by atoms with van der Waals surface area (Å²) in [5, 5.41) is 0. The Morgan fingerprint density at radius 2 is 1.80 bits per heavy atom. The zero-order valence-corrected chi connectivity index (χ0v) is 36.9. The first kappa shape index (κ1) is 44.4. The first-order valence-electron chi connectivity index (χ1n) is 21.0. The summed E-state index contributed by atoms with van der Waals surface area (Å²) in [5.41, 5.74) is -0.276. The van der Waals surface area contributed by atoms with E-state index in [4.69, 9.17) is 28.9 Å². The predicted molar refractivity (Wildman–Crippen MR) is 221 cm³/mol. The number of nitrogens with zero attached hydrogens (tertiary/aromatic N) is 3. The number of fused-ring (bicyclic) bond motifs is 3. The number of carbonyl (C=O) groups excluding carboxylic acids is 4. The number of hydrogen-bond acceptors (Lipinski definition) is 12.